The summed E-state index contributed by atoms with van der Waals surface area (Å²) in [7, 11) is 1.54. The minimum atomic E-state index is -0.0666. The fourth-order valence-electron chi connectivity index (χ4n) is 2.57. The van der Waals surface area contributed by atoms with E-state index in [1.54, 1.807) is 18.2 Å². The van der Waals surface area contributed by atoms with Crippen LogP contribution in [-0.2, 0) is 0 Å². The Morgan fingerprint density at radius 1 is 1.32 bits per heavy atom. The van der Waals surface area contributed by atoms with Crippen LogP contribution in [0.3, 0.4) is 0 Å². The Kier molecular flexibility index (Phi) is 4.34. The molecule has 0 unspecified atom stereocenters. The van der Waals surface area contributed by atoms with Crippen LogP contribution in [0, 0.1) is 0 Å². The average Bonchev–Trinajstić information content (AvgIpc) is 3.05. The van der Waals surface area contributed by atoms with E-state index in [1.165, 1.54) is 19.7 Å². The smallest absolute Gasteiger partial charge is 0.289 e. The van der Waals surface area contributed by atoms with Crippen LogP contribution in [-0.4, -0.2) is 36.0 Å². The van der Waals surface area contributed by atoms with Crippen LogP contribution in [0.1, 0.15) is 29.8 Å². The van der Waals surface area contributed by atoms with Gasteiger partial charge >= 0.3 is 0 Å². The number of methoxy groups -OCH3 is 1. The second kappa shape index (κ2) is 6.40. The van der Waals surface area contributed by atoms with Crippen molar-refractivity contribution in [1.82, 2.24) is 9.88 Å². The predicted molar refractivity (Wildman–Crippen MR) is 83.3 cm³/mol. The summed E-state index contributed by atoms with van der Waals surface area (Å²) in [5.74, 6) is 1.25. The Morgan fingerprint density at radius 3 is 2.82 bits per heavy atom. The highest BCUT2D eigenvalue weighted by Gasteiger charge is 2.22. The molecule has 2 aromatic rings. The lowest BCUT2D eigenvalue weighted by Gasteiger charge is -2.25. The van der Waals surface area contributed by atoms with Crippen molar-refractivity contribution in [3.8, 4) is 17.2 Å². The lowest BCUT2D eigenvalue weighted by atomic mass is 10.1. The van der Waals surface area contributed by atoms with E-state index in [4.69, 9.17) is 20.8 Å². The van der Waals surface area contributed by atoms with Gasteiger partial charge < -0.3 is 14.1 Å². The third kappa shape index (κ3) is 2.95. The van der Waals surface area contributed by atoms with Gasteiger partial charge in [0.2, 0.25) is 5.88 Å². The van der Waals surface area contributed by atoms with E-state index in [-0.39, 0.29) is 5.91 Å². The molecule has 116 valence electrons. The molecule has 0 bridgehead atoms. The third-order valence-electron chi connectivity index (χ3n) is 3.76. The summed E-state index contributed by atoms with van der Waals surface area (Å²) in [4.78, 5) is 18.3. The topological polar surface area (TPSA) is 55.6 Å². The second-order valence-electron chi connectivity index (χ2n) is 5.22. The number of ether oxygens (including phenoxy) is 1. The van der Waals surface area contributed by atoms with Gasteiger partial charge in [-0.3, -0.25) is 4.79 Å². The SMILES string of the molecule is COc1cc(-c2ccc(C(=O)N3CCCCC3)o2)c(Cl)cn1. The van der Waals surface area contributed by atoms with Gasteiger partial charge in [-0.1, -0.05) is 11.6 Å². The van der Waals surface area contributed by atoms with Crippen molar-refractivity contribution in [2.75, 3.05) is 20.2 Å². The highest BCUT2D eigenvalue weighted by atomic mass is 35.5. The summed E-state index contributed by atoms with van der Waals surface area (Å²) in [5.41, 5.74) is 0.659. The number of pyridine rings is 1. The summed E-state index contributed by atoms with van der Waals surface area (Å²) < 4.78 is 10.8. The van der Waals surface area contributed by atoms with Gasteiger partial charge in [-0.25, -0.2) is 4.98 Å². The first-order chi connectivity index (χ1) is 10.7. The first-order valence-corrected chi connectivity index (χ1v) is 7.66. The number of aromatic nitrogens is 1. The number of hydrogen-bond acceptors (Lipinski definition) is 4. The van der Waals surface area contributed by atoms with Gasteiger partial charge in [0.05, 0.1) is 18.3 Å². The highest BCUT2D eigenvalue weighted by molar-refractivity contribution is 6.33. The van der Waals surface area contributed by atoms with Gasteiger partial charge in [0, 0.05) is 24.7 Å². The third-order valence-corrected chi connectivity index (χ3v) is 4.07. The van der Waals surface area contributed by atoms with Gasteiger partial charge in [-0.2, -0.15) is 0 Å². The van der Waals surface area contributed by atoms with Gasteiger partial charge in [0.1, 0.15) is 5.76 Å². The van der Waals surface area contributed by atoms with Crippen LogP contribution in [0.4, 0.5) is 0 Å². The Labute approximate surface area is 133 Å². The number of hydrogen-bond donors (Lipinski definition) is 0. The van der Waals surface area contributed by atoms with Crippen molar-refractivity contribution >= 4 is 17.5 Å². The zero-order chi connectivity index (χ0) is 15.5. The first kappa shape index (κ1) is 14.9. The quantitative estimate of drug-likeness (QED) is 0.866. The molecular formula is C16H17ClN2O3. The molecule has 0 aromatic carbocycles. The molecule has 0 N–H and O–H groups in total. The normalized spacial score (nSPS) is 14.9. The molecule has 5 nitrogen and oxygen atoms in total. The average molecular weight is 321 g/mol. The molecule has 2 aromatic heterocycles. The van der Waals surface area contributed by atoms with Crippen molar-refractivity contribution in [1.29, 1.82) is 0 Å². The molecule has 3 heterocycles. The molecular weight excluding hydrogens is 304 g/mol. The maximum Gasteiger partial charge on any atom is 0.289 e. The lowest BCUT2D eigenvalue weighted by molar-refractivity contribution is 0.0693. The molecule has 1 fully saturated rings. The number of likely N-dealkylation sites (tertiary alicyclic amines) is 1. The predicted octanol–water partition coefficient (Wildman–Crippen LogP) is 3.63. The standard InChI is InChI=1S/C16H17ClN2O3/c1-21-15-9-11(12(17)10-18-15)13-5-6-14(22-13)16(20)19-7-3-2-4-8-19/h5-6,9-10H,2-4,7-8H2,1H3. The number of nitrogens with zero attached hydrogens (tertiary/aromatic N) is 2. The van der Waals surface area contributed by atoms with Crippen molar-refractivity contribution in [2.24, 2.45) is 0 Å². The van der Waals surface area contributed by atoms with Crippen molar-refractivity contribution < 1.29 is 13.9 Å². The molecule has 1 aliphatic rings. The molecule has 0 radical (unpaired) electrons. The number of rotatable bonds is 3. The Hall–Kier alpha value is -2.01. The number of carbonyl (C=O) groups is 1. The molecule has 6 heteroatoms. The fraction of sp³-hybridized carbons (Fsp3) is 0.375. The van der Waals surface area contributed by atoms with E-state index in [9.17, 15) is 4.79 Å². The number of carbonyl (C=O) groups excluding carboxylic acids is 1. The van der Waals surface area contributed by atoms with Crippen molar-refractivity contribution in [2.45, 2.75) is 19.3 Å². The first-order valence-electron chi connectivity index (χ1n) is 7.28. The molecule has 0 aliphatic carbocycles. The summed E-state index contributed by atoms with van der Waals surface area (Å²) >= 11 is 6.15. The maximum atomic E-state index is 12.4. The van der Waals surface area contributed by atoms with Gasteiger partial charge in [-0.05, 0) is 31.4 Å². The van der Waals surface area contributed by atoms with E-state index >= 15 is 0 Å². The molecule has 0 spiro atoms. The summed E-state index contributed by atoms with van der Waals surface area (Å²) in [6, 6.07) is 5.13. The molecule has 1 saturated heterocycles. The molecule has 22 heavy (non-hydrogen) atoms. The largest absolute Gasteiger partial charge is 0.481 e. The Morgan fingerprint density at radius 2 is 2.09 bits per heavy atom. The Balaban J connectivity index is 1.85. The van der Waals surface area contributed by atoms with E-state index in [0.717, 1.165) is 25.9 Å². The van der Waals surface area contributed by atoms with Crippen LogP contribution in [0.15, 0.2) is 28.8 Å². The fourth-order valence-corrected chi connectivity index (χ4v) is 2.77. The molecule has 0 saturated carbocycles. The zero-order valence-electron chi connectivity index (χ0n) is 12.3. The van der Waals surface area contributed by atoms with E-state index < -0.39 is 0 Å². The molecule has 3 rings (SSSR count). The van der Waals surface area contributed by atoms with Gasteiger partial charge in [-0.15, -0.1) is 0 Å². The number of halogens is 1. The minimum absolute atomic E-state index is 0.0666. The van der Waals surface area contributed by atoms with Gasteiger partial charge in [0.25, 0.3) is 5.91 Å². The minimum Gasteiger partial charge on any atom is -0.481 e. The Bertz CT molecular complexity index is 678. The monoisotopic (exact) mass is 320 g/mol. The number of piperidine rings is 1. The second-order valence-corrected chi connectivity index (χ2v) is 5.63. The van der Waals surface area contributed by atoms with Gasteiger partial charge in [0.15, 0.2) is 5.76 Å². The van der Waals surface area contributed by atoms with E-state index in [1.807, 2.05) is 4.90 Å². The number of furan rings is 1. The zero-order valence-corrected chi connectivity index (χ0v) is 13.1. The van der Waals surface area contributed by atoms with Crippen LogP contribution < -0.4 is 4.74 Å². The summed E-state index contributed by atoms with van der Waals surface area (Å²) in [5, 5.41) is 0.451. The summed E-state index contributed by atoms with van der Waals surface area (Å²) in [6.45, 7) is 1.58. The van der Waals surface area contributed by atoms with Crippen molar-refractivity contribution in [3.05, 3.63) is 35.2 Å². The van der Waals surface area contributed by atoms with Crippen LogP contribution >= 0.6 is 11.6 Å². The summed E-state index contributed by atoms with van der Waals surface area (Å²) in [6.07, 6.45) is 4.78. The molecule has 1 amide bonds. The molecule has 0 atom stereocenters. The molecule has 1 aliphatic heterocycles. The van der Waals surface area contributed by atoms with Crippen molar-refractivity contribution in [3.63, 3.8) is 0 Å². The maximum absolute atomic E-state index is 12.4. The van der Waals surface area contributed by atoms with Crippen LogP contribution in [0.25, 0.3) is 11.3 Å². The van der Waals surface area contributed by atoms with Crippen LogP contribution in [0.5, 0.6) is 5.88 Å². The van der Waals surface area contributed by atoms with E-state index in [0.29, 0.717) is 28.0 Å². The number of amides is 1. The van der Waals surface area contributed by atoms with Crippen LogP contribution in [0.2, 0.25) is 5.02 Å². The lowest BCUT2D eigenvalue weighted by Crippen LogP contribution is -2.35. The highest BCUT2D eigenvalue weighted by Crippen LogP contribution is 2.31. The van der Waals surface area contributed by atoms with E-state index in [2.05, 4.69) is 4.98 Å².